The number of carbonyl (C=O) groups is 1. The van der Waals surface area contributed by atoms with Crippen LogP contribution in [0.15, 0.2) is 18.2 Å². The zero-order valence-corrected chi connectivity index (χ0v) is 9.77. The van der Waals surface area contributed by atoms with Crippen molar-refractivity contribution in [2.75, 3.05) is 12.8 Å². The van der Waals surface area contributed by atoms with Gasteiger partial charge >= 0.3 is 0 Å². The maximum atomic E-state index is 11.5. The Kier molecular flexibility index (Phi) is 3.59. The lowest BCUT2D eigenvalue weighted by Crippen LogP contribution is -2.29. The van der Waals surface area contributed by atoms with Crippen LogP contribution in [0.25, 0.3) is 0 Å². The van der Waals surface area contributed by atoms with Gasteiger partial charge in [0.05, 0.1) is 12.8 Å². The lowest BCUT2D eigenvalue weighted by atomic mass is 10.1. The van der Waals surface area contributed by atoms with Crippen molar-refractivity contribution in [1.29, 1.82) is 0 Å². The molecule has 0 radical (unpaired) electrons. The third-order valence-corrected chi connectivity index (χ3v) is 3.68. The zero-order valence-electron chi connectivity index (χ0n) is 8.95. The van der Waals surface area contributed by atoms with Crippen LogP contribution in [0, 0.1) is 0 Å². The molecule has 1 aromatic carbocycles. The molecule has 5 N–H and O–H groups in total. The van der Waals surface area contributed by atoms with Crippen molar-refractivity contribution in [3.05, 3.63) is 23.8 Å². The molecule has 0 heterocycles. The molecule has 0 aliphatic carbocycles. The predicted molar refractivity (Wildman–Crippen MR) is 60.4 cm³/mol. The van der Waals surface area contributed by atoms with Gasteiger partial charge in [-0.25, -0.2) is 0 Å². The molecule has 1 rings (SSSR count). The van der Waals surface area contributed by atoms with Gasteiger partial charge < -0.3 is 16.6 Å². The number of nitrogen functional groups attached to an aromatic ring is 1. The van der Waals surface area contributed by atoms with Gasteiger partial charge in [0.25, 0.3) is 10.1 Å². The highest BCUT2D eigenvalue weighted by Crippen LogP contribution is 2.28. The second kappa shape index (κ2) is 4.60. The van der Waals surface area contributed by atoms with Gasteiger partial charge in [-0.2, -0.15) is 8.42 Å². The number of phenolic OH excluding ortho intramolecular Hbond substituents is 1. The average Bonchev–Trinajstić information content (AvgIpc) is 2.22. The van der Waals surface area contributed by atoms with E-state index in [0.717, 1.165) is 13.2 Å². The molecule has 1 atom stereocenters. The van der Waals surface area contributed by atoms with E-state index in [4.69, 9.17) is 11.5 Å². The molecule has 0 aliphatic heterocycles. The molecule has 1 aromatic rings. The third-order valence-electron chi connectivity index (χ3n) is 2.13. The summed E-state index contributed by atoms with van der Waals surface area (Å²) >= 11 is 0. The van der Waals surface area contributed by atoms with Gasteiger partial charge in [-0.3, -0.25) is 8.98 Å². The summed E-state index contributed by atoms with van der Waals surface area (Å²) < 4.78 is 27.3. The highest BCUT2D eigenvalue weighted by Gasteiger charge is 2.33. The Morgan fingerprint density at radius 3 is 2.47 bits per heavy atom. The predicted octanol–water partition coefficient (Wildman–Crippen LogP) is -0.523. The van der Waals surface area contributed by atoms with E-state index in [2.05, 4.69) is 4.18 Å². The summed E-state index contributed by atoms with van der Waals surface area (Å²) in [5, 5.41) is 7.55. The first-order chi connectivity index (χ1) is 7.79. The molecule has 17 heavy (non-hydrogen) atoms. The summed E-state index contributed by atoms with van der Waals surface area (Å²) in [4.78, 5) is 11.2. The van der Waals surface area contributed by atoms with E-state index in [1.807, 2.05) is 0 Å². The van der Waals surface area contributed by atoms with Gasteiger partial charge in [-0.1, -0.05) is 6.07 Å². The number of phenols is 1. The van der Waals surface area contributed by atoms with Crippen LogP contribution in [0.2, 0.25) is 0 Å². The molecule has 1 amide bonds. The Morgan fingerprint density at radius 1 is 1.47 bits per heavy atom. The van der Waals surface area contributed by atoms with Crippen molar-refractivity contribution in [1.82, 2.24) is 0 Å². The molecule has 0 spiro atoms. The van der Waals surface area contributed by atoms with Crippen molar-refractivity contribution < 1.29 is 22.5 Å². The number of aromatic hydroxyl groups is 1. The molecule has 0 fully saturated rings. The van der Waals surface area contributed by atoms with Crippen molar-refractivity contribution in [3.8, 4) is 5.75 Å². The van der Waals surface area contributed by atoms with Crippen LogP contribution < -0.4 is 11.5 Å². The molecule has 1 unspecified atom stereocenters. The number of hydrogen-bond donors (Lipinski definition) is 3. The summed E-state index contributed by atoms with van der Waals surface area (Å²) in [7, 11) is -3.23. The normalized spacial score (nSPS) is 13.2. The molecule has 0 saturated heterocycles. The monoisotopic (exact) mass is 260 g/mol. The van der Waals surface area contributed by atoms with Crippen LogP contribution in [0.4, 0.5) is 5.69 Å². The second-order valence-electron chi connectivity index (χ2n) is 3.26. The number of hydrogen-bond acceptors (Lipinski definition) is 6. The number of carbonyl (C=O) groups excluding carboxylic acids is 1. The maximum absolute atomic E-state index is 11.5. The lowest BCUT2D eigenvalue weighted by molar-refractivity contribution is -0.117. The molecule has 94 valence electrons. The van der Waals surface area contributed by atoms with Crippen molar-refractivity contribution in [2.45, 2.75) is 5.25 Å². The summed E-state index contributed by atoms with van der Waals surface area (Å²) in [6, 6.07) is 3.56. The van der Waals surface area contributed by atoms with Gasteiger partial charge in [-0.15, -0.1) is 0 Å². The second-order valence-corrected chi connectivity index (χ2v) is 5.05. The highest BCUT2D eigenvalue weighted by atomic mass is 32.2. The smallest absolute Gasteiger partial charge is 0.283 e. The minimum absolute atomic E-state index is 0.0367. The molecular formula is C9H12N2O5S. The topological polar surface area (TPSA) is 133 Å². The number of anilines is 1. The standard InChI is InChI=1S/C9H12N2O5S/c1-16-17(14,15)8(9(11)13)5-2-3-7(12)6(10)4-5/h2-4,8,12H,10H2,1H3,(H2,11,13). The molecule has 0 bridgehead atoms. The molecule has 0 saturated carbocycles. The number of amides is 1. The van der Waals surface area contributed by atoms with E-state index < -0.39 is 21.3 Å². The minimum atomic E-state index is -4.15. The van der Waals surface area contributed by atoms with Gasteiger partial charge in [0.15, 0.2) is 5.25 Å². The van der Waals surface area contributed by atoms with Crippen molar-refractivity contribution >= 4 is 21.7 Å². The Balaban J connectivity index is 3.34. The summed E-state index contributed by atoms with van der Waals surface area (Å²) in [6.07, 6.45) is 0. The molecule has 0 aliphatic rings. The Morgan fingerprint density at radius 2 is 2.06 bits per heavy atom. The van der Waals surface area contributed by atoms with Crippen LogP contribution in [0.3, 0.4) is 0 Å². The van der Waals surface area contributed by atoms with Crippen molar-refractivity contribution in [3.63, 3.8) is 0 Å². The largest absolute Gasteiger partial charge is 0.506 e. The van der Waals surface area contributed by atoms with Gasteiger partial charge in [0.2, 0.25) is 5.91 Å². The fourth-order valence-electron chi connectivity index (χ4n) is 1.31. The van der Waals surface area contributed by atoms with Gasteiger partial charge in [-0.05, 0) is 17.7 Å². The van der Waals surface area contributed by atoms with Crippen molar-refractivity contribution in [2.24, 2.45) is 5.73 Å². The Hall–Kier alpha value is -1.80. The number of nitrogens with two attached hydrogens (primary N) is 2. The Bertz CT molecular complexity index is 540. The highest BCUT2D eigenvalue weighted by molar-refractivity contribution is 7.87. The fourth-order valence-corrected chi connectivity index (χ4v) is 2.26. The summed E-state index contributed by atoms with van der Waals surface area (Å²) in [6.45, 7) is 0. The van der Waals surface area contributed by atoms with Crippen LogP contribution in [0.5, 0.6) is 5.75 Å². The van der Waals surface area contributed by atoms with Crippen LogP contribution in [-0.2, 0) is 19.1 Å². The van der Waals surface area contributed by atoms with E-state index in [1.165, 1.54) is 12.1 Å². The molecule has 7 nitrogen and oxygen atoms in total. The quantitative estimate of drug-likeness (QED) is 0.379. The van der Waals surface area contributed by atoms with E-state index in [1.54, 1.807) is 0 Å². The molecule has 0 aromatic heterocycles. The summed E-state index contributed by atoms with van der Waals surface area (Å²) in [5.74, 6) is -1.30. The molecular weight excluding hydrogens is 248 g/mol. The van der Waals surface area contributed by atoms with E-state index >= 15 is 0 Å². The van der Waals surface area contributed by atoms with E-state index in [9.17, 15) is 18.3 Å². The number of benzene rings is 1. The molecule has 8 heteroatoms. The first kappa shape index (κ1) is 13.3. The van der Waals surface area contributed by atoms with Crippen LogP contribution in [-0.4, -0.2) is 26.5 Å². The van der Waals surface area contributed by atoms with Gasteiger partial charge in [0.1, 0.15) is 5.75 Å². The first-order valence-electron chi connectivity index (χ1n) is 4.46. The van der Waals surface area contributed by atoms with Crippen LogP contribution in [0.1, 0.15) is 10.8 Å². The SMILES string of the molecule is COS(=O)(=O)C(C(N)=O)c1ccc(O)c(N)c1. The maximum Gasteiger partial charge on any atom is 0.283 e. The average molecular weight is 260 g/mol. The lowest BCUT2D eigenvalue weighted by Gasteiger charge is -2.13. The first-order valence-corrected chi connectivity index (χ1v) is 5.94. The van der Waals surface area contributed by atoms with Crippen LogP contribution >= 0.6 is 0 Å². The van der Waals surface area contributed by atoms with E-state index in [0.29, 0.717) is 0 Å². The Labute approximate surface area is 98.1 Å². The number of primary amides is 1. The number of rotatable bonds is 4. The third kappa shape index (κ3) is 2.66. The zero-order chi connectivity index (χ0) is 13.2. The fraction of sp³-hybridized carbons (Fsp3) is 0.222. The van der Waals surface area contributed by atoms with Gasteiger partial charge in [0, 0.05) is 0 Å². The summed E-state index contributed by atoms with van der Waals surface area (Å²) in [5.41, 5.74) is 10.4. The minimum Gasteiger partial charge on any atom is -0.506 e. The van der Waals surface area contributed by atoms with E-state index in [-0.39, 0.29) is 17.0 Å².